The minimum Gasteiger partial charge on any atom is -0.325 e. The number of imidazole rings is 1. The van der Waals surface area contributed by atoms with Crippen LogP contribution in [0.4, 0.5) is 5.69 Å². The molecule has 1 atom stereocenters. The Balaban J connectivity index is 1.49. The van der Waals surface area contributed by atoms with Crippen molar-refractivity contribution in [1.29, 1.82) is 0 Å². The second-order valence-electron chi connectivity index (χ2n) is 6.12. The fourth-order valence-corrected chi connectivity index (χ4v) is 3.74. The predicted octanol–water partition coefficient (Wildman–Crippen LogP) is 4.49. The number of nitrogens with one attached hydrogen (secondary N) is 1. The SMILES string of the molecule is C[C@H](Sc1nccn1C1CC1)C(=O)Nc1cccc2ccccc12. The van der Waals surface area contributed by atoms with Crippen molar-refractivity contribution >= 4 is 34.1 Å². The Morgan fingerprint density at radius 1 is 1.25 bits per heavy atom. The maximum absolute atomic E-state index is 12.6. The number of hydrogen-bond acceptors (Lipinski definition) is 3. The summed E-state index contributed by atoms with van der Waals surface area (Å²) < 4.78 is 2.19. The van der Waals surface area contributed by atoms with Gasteiger partial charge in [0.15, 0.2) is 5.16 Å². The Hall–Kier alpha value is -2.27. The fourth-order valence-electron chi connectivity index (χ4n) is 2.80. The molecule has 4 rings (SSSR count). The Labute approximate surface area is 145 Å². The number of hydrogen-bond donors (Lipinski definition) is 1. The second kappa shape index (κ2) is 6.32. The highest BCUT2D eigenvalue weighted by Crippen LogP contribution is 2.38. The van der Waals surface area contributed by atoms with Gasteiger partial charge in [-0.3, -0.25) is 4.79 Å². The lowest BCUT2D eigenvalue weighted by atomic mass is 10.1. The average molecular weight is 337 g/mol. The first-order valence-electron chi connectivity index (χ1n) is 8.20. The number of amides is 1. The number of benzene rings is 2. The number of rotatable bonds is 5. The van der Waals surface area contributed by atoms with Gasteiger partial charge in [-0.15, -0.1) is 0 Å². The molecule has 0 spiro atoms. The predicted molar refractivity (Wildman–Crippen MR) is 98.4 cm³/mol. The lowest BCUT2D eigenvalue weighted by Crippen LogP contribution is -2.23. The van der Waals surface area contributed by atoms with Crippen molar-refractivity contribution < 1.29 is 4.79 Å². The third-order valence-corrected chi connectivity index (χ3v) is 5.37. The van der Waals surface area contributed by atoms with Gasteiger partial charge in [0.1, 0.15) is 0 Å². The Morgan fingerprint density at radius 3 is 2.88 bits per heavy atom. The number of anilines is 1. The first-order valence-corrected chi connectivity index (χ1v) is 9.08. The van der Waals surface area contributed by atoms with Crippen LogP contribution < -0.4 is 5.32 Å². The average Bonchev–Trinajstić information content (AvgIpc) is 3.34. The largest absolute Gasteiger partial charge is 0.325 e. The molecule has 1 fully saturated rings. The summed E-state index contributed by atoms with van der Waals surface area (Å²) in [5.74, 6) is 0.00157. The Morgan fingerprint density at radius 2 is 2.04 bits per heavy atom. The zero-order chi connectivity index (χ0) is 16.5. The van der Waals surface area contributed by atoms with Crippen molar-refractivity contribution in [2.24, 2.45) is 0 Å². The summed E-state index contributed by atoms with van der Waals surface area (Å²) >= 11 is 1.52. The summed E-state index contributed by atoms with van der Waals surface area (Å²) in [4.78, 5) is 17.0. The zero-order valence-corrected chi connectivity index (χ0v) is 14.3. The molecule has 0 aliphatic heterocycles. The van der Waals surface area contributed by atoms with Crippen molar-refractivity contribution in [3.8, 4) is 0 Å². The first kappa shape index (κ1) is 15.3. The summed E-state index contributed by atoms with van der Waals surface area (Å²) in [5, 5.41) is 5.97. The maximum atomic E-state index is 12.6. The minimum atomic E-state index is -0.205. The molecule has 122 valence electrons. The second-order valence-corrected chi connectivity index (χ2v) is 7.43. The first-order chi connectivity index (χ1) is 11.7. The normalized spacial score (nSPS) is 15.4. The highest BCUT2D eigenvalue weighted by molar-refractivity contribution is 8.00. The molecule has 1 aromatic heterocycles. The van der Waals surface area contributed by atoms with Crippen molar-refractivity contribution in [3.63, 3.8) is 0 Å². The smallest absolute Gasteiger partial charge is 0.237 e. The van der Waals surface area contributed by atoms with Crippen molar-refractivity contribution in [2.45, 2.75) is 36.2 Å². The standard InChI is InChI=1S/C19H19N3OS/c1-13(24-19-20-11-12-22(19)15-9-10-15)18(23)21-17-8-4-6-14-5-2-3-7-16(14)17/h2-8,11-13,15H,9-10H2,1H3,(H,21,23)/t13-/m0/s1. The van der Waals surface area contributed by atoms with Crippen LogP contribution in [0.3, 0.4) is 0 Å². The van der Waals surface area contributed by atoms with Crippen molar-refractivity contribution in [2.75, 3.05) is 5.32 Å². The van der Waals surface area contributed by atoms with Crippen LogP contribution >= 0.6 is 11.8 Å². The van der Waals surface area contributed by atoms with E-state index in [2.05, 4.69) is 27.0 Å². The molecule has 1 N–H and O–H groups in total. The molecule has 4 nitrogen and oxygen atoms in total. The molecule has 3 aromatic rings. The molecular weight excluding hydrogens is 318 g/mol. The van der Waals surface area contributed by atoms with Crippen molar-refractivity contribution in [1.82, 2.24) is 9.55 Å². The van der Waals surface area contributed by atoms with E-state index in [9.17, 15) is 4.79 Å². The van der Waals surface area contributed by atoms with Gasteiger partial charge in [-0.2, -0.15) is 0 Å². The fraction of sp³-hybridized carbons (Fsp3) is 0.263. The monoisotopic (exact) mass is 337 g/mol. The molecule has 1 heterocycles. The quantitative estimate of drug-likeness (QED) is 0.698. The van der Waals surface area contributed by atoms with Crippen LogP contribution in [-0.2, 0) is 4.79 Å². The summed E-state index contributed by atoms with van der Waals surface area (Å²) in [6.07, 6.45) is 6.24. The van der Waals surface area contributed by atoms with E-state index in [1.807, 2.05) is 49.6 Å². The van der Waals surface area contributed by atoms with E-state index in [1.165, 1.54) is 24.6 Å². The highest BCUT2D eigenvalue weighted by atomic mass is 32.2. The number of carbonyl (C=O) groups excluding carboxylic acids is 1. The van der Waals surface area contributed by atoms with Crippen LogP contribution in [-0.4, -0.2) is 20.7 Å². The zero-order valence-electron chi connectivity index (χ0n) is 13.5. The molecule has 0 radical (unpaired) electrons. The molecule has 2 aromatic carbocycles. The number of thioether (sulfide) groups is 1. The molecule has 1 amide bonds. The van der Waals surface area contributed by atoms with E-state index in [4.69, 9.17) is 0 Å². The van der Waals surface area contributed by atoms with E-state index in [-0.39, 0.29) is 11.2 Å². The number of carbonyl (C=O) groups is 1. The van der Waals surface area contributed by atoms with Gasteiger partial charge in [0, 0.05) is 29.5 Å². The molecule has 0 unspecified atom stereocenters. The van der Waals surface area contributed by atoms with Gasteiger partial charge in [-0.25, -0.2) is 4.98 Å². The molecule has 1 aliphatic carbocycles. The van der Waals surface area contributed by atoms with E-state index in [1.54, 1.807) is 0 Å². The van der Waals surface area contributed by atoms with Crippen LogP contribution in [0, 0.1) is 0 Å². The number of aromatic nitrogens is 2. The van der Waals surface area contributed by atoms with Crippen LogP contribution in [0.1, 0.15) is 25.8 Å². The van der Waals surface area contributed by atoms with Crippen LogP contribution in [0.15, 0.2) is 60.0 Å². The molecule has 0 saturated heterocycles. The summed E-state index contributed by atoms with van der Waals surface area (Å²) in [6.45, 7) is 1.93. The van der Waals surface area contributed by atoms with Crippen LogP contribution in [0.5, 0.6) is 0 Å². The van der Waals surface area contributed by atoms with E-state index in [0.29, 0.717) is 6.04 Å². The lowest BCUT2D eigenvalue weighted by Gasteiger charge is -2.14. The van der Waals surface area contributed by atoms with E-state index >= 15 is 0 Å². The van der Waals surface area contributed by atoms with Gasteiger partial charge in [0.2, 0.25) is 5.91 Å². The van der Waals surface area contributed by atoms with Crippen LogP contribution in [0.25, 0.3) is 10.8 Å². The Kier molecular flexibility index (Phi) is 4.02. The molecule has 0 bridgehead atoms. The van der Waals surface area contributed by atoms with Gasteiger partial charge in [-0.1, -0.05) is 48.2 Å². The molecule has 1 saturated carbocycles. The van der Waals surface area contributed by atoms with Crippen molar-refractivity contribution in [3.05, 3.63) is 54.9 Å². The maximum Gasteiger partial charge on any atom is 0.237 e. The molecule has 5 heteroatoms. The molecule has 24 heavy (non-hydrogen) atoms. The molecule has 1 aliphatic rings. The van der Waals surface area contributed by atoms with Gasteiger partial charge in [-0.05, 0) is 31.2 Å². The summed E-state index contributed by atoms with van der Waals surface area (Å²) in [6, 6.07) is 14.6. The molecular formula is C19H19N3OS. The van der Waals surface area contributed by atoms with Crippen LogP contribution in [0.2, 0.25) is 0 Å². The highest BCUT2D eigenvalue weighted by Gasteiger charge is 2.27. The minimum absolute atomic E-state index is 0.00157. The number of fused-ring (bicyclic) bond motifs is 1. The lowest BCUT2D eigenvalue weighted by molar-refractivity contribution is -0.115. The van der Waals surface area contributed by atoms with E-state index in [0.717, 1.165) is 21.6 Å². The third-order valence-electron chi connectivity index (χ3n) is 4.27. The van der Waals surface area contributed by atoms with Gasteiger partial charge >= 0.3 is 0 Å². The van der Waals surface area contributed by atoms with E-state index < -0.39 is 0 Å². The topological polar surface area (TPSA) is 46.9 Å². The summed E-state index contributed by atoms with van der Waals surface area (Å²) in [5.41, 5.74) is 0.857. The third kappa shape index (κ3) is 3.04. The van der Waals surface area contributed by atoms with Gasteiger partial charge in [0.05, 0.1) is 5.25 Å². The Bertz CT molecular complexity index is 880. The van der Waals surface area contributed by atoms with Gasteiger partial charge < -0.3 is 9.88 Å². The number of nitrogens with zero attached hydrogens (tertiary/aromatic N) is 2. The summed E-state index contributed by atoms with van der Waals surface area (Å²) in [7, 11) is 0. The van der Waals surface area contributed by atoms with Gasteiger partial charge in [0.25, 0.3) is 0 Å².